The van der Waals surface area contributed by atoms with Gasteiger partial charge in [0.15, 0.2) is 0 Å². The third kappa shape index (κ3) is 5.38. The van der Waals surface area contributed by atoms with E-state index in [9.17, 15) is 19.1 Å². The Morgan fingerprint density at radius 3 is 2.21 bits per heavy atom. The van der Waals surface area contributed by atoms with Crippen molar-refractivity contribution in [2.45, 2.75) is 26.0 Å². The van der Waals surface area contributed by atoms with Gasteiger partial charge in [-0.05, 0) is 80.1 Å². The number of para-hydroxylation sites is 1. The summed E-state index contributed by atoms with van der Waals surface area (Å²) in [7, 11) is 0. The number of ketones is 1. The van der Waals surface area contributed by atoms with Crippen LogP contribution >= 0.6 is 0 Å². The summed E-state index contributed by atoms with van der Waals surface area (Å²) in [5.74, 6) is -0.904. The molecule has 0 radical (unpaired) electrons. The summed E-state index contributed by atoms with van der Waals surface area (Å²) in [6.45, 7) is 3.76. The number of anilines is 1. The Labute approximate surface area is 225 Å². The number of aliphatic hydroxyl groups excluding tert-OH is 1. The second-order valence-electron chi connectivity index (χ2n) is 9.33. The molecular formula is C32H26FNO5. The minimum absolute atomic E-state index is 0.0946. The highest BCUT2D eigenvalue weighted by molar-refractivity contribution is 6.51. The fraction of sp³-hybridized carbons (Fsp3) is 0.125. The Kier molecular flexibility index (Phi) is 7.14. The normalized spacial score (nSPS) is 16.5. The van der Waals surface area contributed by atoms with E-state index < -0.39 is 23.5 Å². The van der Waals surface area contributed by atoms with Crippen molar-refractivity contribution in [1.82, 2.24) is 0 Å². The monoisotopic (exact) mass is 523 g/mol. The van der Waals surface area contributed by atoms with Gasteiger partial charge in [0.1, 0.15) is 28.8 Å². The molecule has 1 fully saturated rings. The zero-order chi connectivity index (χ0) is 27.5. The van der Waals surface area contributed by atoms with Crippen molar-refractivity contribution in [3.05, 3.63) is 126 Å². The Morgan fingerprint density at radius 1 is 0.821 bits per heavy atom. The molecule has 0 aliphatic carbocycles. The SMILES string of the molecule is CC(C)Oc1cccc(/C(O)=C2/C(=O)C(=O)N(c3ccc(F)cc3)C2c2cccc(Oc3ccccc3)c2)c1. The second kappa shape index (κ2) is 10.8. The van der Waals surface area contributed by atoms with Gasteiger partial charge in [0, 0.05) is 11.3 Å². The molecule has 0 spiro atoms. The van der Waals surface area contributed by atoms with Crippen molar-refractivity contribution in [3.8, 4) is 17.2 Å². The number of Topliss-reactive ketones (excluding diaryl/α,β-unsaturated/α-hetero) is 1. The average Bonchev–Trinajstić information content (AvgIpc) is 3.19. The van der Waals surface area contributed by atoms with Gasteiger partial charge < -0.3 is 14.6 Å². The lowest BCUT2D eigenvalue weighted by atomic mass is 9.95. The summed E-state index contributed by atoms with van der Waals surface area (Å²) in [6, 6.07) is 27.1. The van der Waals surface area contributed by atoms with Crippen molar-refractivity contribution in [1.29, 1.82) is 0 Å². The molecule has 4 aromatic rings. The lowest BCUT2D eigenvalue weighted by Gasteiger charge is -2.26. The molecule has 1 saturated heterocycles. The first-order valence-electron chi connectivity index (χ1n) is 12.5. The molecule has 1 aliphatic heterocycles. The summed E-state index contributed by atoms with van der Waals surface area (Å²) in [5.41, 5.74) is 1.08. The van der Waals surface area contributed by atoms with E-state index in [2.05, 4.69) is 0 Å². The van der Waals surface area contributed by atoms with E-state index >= 15 is 0 Å². The van der Waals surface area contributed by atoms with E-state index in [0.717, 1.165) is 0 Å². The standard InChI is InChI=1S/C32H26FNO5/c1-20(2)38-26-12-7-9-22(19-26)30(35)28-29(34(32(37)31(28)36)24-16-14-23(33)15-17-24)21-8-6-13-27(18-21)39-25-10-4-3-5-11-25/h3-20,29,35H,1-2H3/b30-28-. The maximum absolute atomic E-state index is 13.7. The molecule has 0 aromatic heterocycles. The lowest BCUT2D eigenvalue weighted by molar-refractivity contribution is -0.132. The van der Waals surface area contributed by atoms with Crippen LogP contribution in [0.15, 0.2) is 109 Å². The molecule has 1 amide bonds. The zero-order valence-corrected chi connectivity index (χ0v) is 21.4. The van der Waals surface area contributed by atoms with E-state index in [1.54, 1.807) is 48.5 Å². The van der Waals surface area contributed by atoms with Gasteiger partial charge in [0.25, 0.3) is 11.7 Å². The van der Waals surface area contributed by atoms with Crippen LogP contribution in [0.3, 0.4) is 0 Å². The van der Waals surface area contributed by atoms with Crippen LogP contribution in [0.1, 0.15) is 31.0 Å². The summed E-state index contributed by atoms with van der Waals surface area (Å²) in [5, 5.41) is 11.4. The molecule has 6 nitrogen and oxygen atoms in total. The quantitative estimate of drug-likeness (QED) is 0.160. The maximum atomic E-state index is 13.7. The predicted molar refractivity (Wildman–Crippen MR) is 146 cm³/mol. The number of aliphatic hydroxyl groups is 1. The largest absolute Gasteiger partial charge is 0.507 e. The van der Waals surface area contributed by atoms with Gasteiger partial charge >= 0.3 is 0 Å². The molecule has 7 heteroatoms. The fourth-order valence-corrected chi connectivity index (χ4v) is 4.53. The molecule has 39 heavy (non-hydrogen) atoms. The molecule has 0 saturated carbocycles. The minimum Gasteiger partial charge on any atom is -0.507 e. The number of halogens is 1. The number of rotatable bonds is 7. The van der Waals surface area contributed by atoms with Crippen molar-refractivity contribution >= 4 is 23.1 Å². The predicted octanol–water partition coefficient (Wildman–Crippen LogP) is 7.03. The van der Waals surface area contributed by atoms with Crippen LogP contribution in [0.5, 0.6) is 17.2 Å². The van der Waals surface area contributed by atoms with E-state index in [4.69, 9.17) is 9.47 Å². The Hall–Kier alpha value is -4.91. The number of hydrogen-bond donors (Lipinski definition) is 1. The first kappa shape index (κ1) is 25.7. The highest BCUT2D eigenvalue weighted by Gasteiger charge is 2.47. The molecule has 0 bridgehead atoms. The Balaban J connectivity index is 1.65. The molecule has 1 heterocycles. The van der Waals surface area contributed by atoms with E-state index in [-0.39, 0.29) is 17.4 Å². The molecule has 196 valence electrons. The van der Waals surface area contributed by atoms with Crippen LogP contribution in [0, 0.1) is 5.82 Å². The summed E-state index contributed by atoms with van der Waals surface area (Å²) in [4.78, 5) is 28.1. The molecule has 5 rings (SSSR count). The number of benzene rings is 4. The summed E-state index contributed by atoms with van der Waals surface area (Å²) >= 11 is 0. The number of ether oxygens (including phenoxy) is 2. The van der Waals surface area contributed by atoms with E-state index in [1.807, 2.05) is 44.2 Å². The van der Waals surface area contributed by atoms with Crippen LogP contribution in [0.4, 0.5) is 10.1 Å². The molecule has 1 atom stereocenters. The molecule has 1 N–H and O–H groups in total. The Bertz CT molecular complexity index is 1550. The maximum Gasteiger partial charge on any atom is 0.300 e. The van der Waals surface area contributed by atoms with Crippen LogP contribution < -0.4 is 14.4 Å². The van der Waals surface area contributed by atoms with Gasteiger partial charge in [0.2, 0.25) is 0 Å². The number of hydrogen-bond acceptors (Lipinski definition) is 5. The average molecular weight is 524 g/mol. The first-order chi connectivity index (χ1) is 18.8. The fourth-order valence-electron chi connectivity index (χ4n) is 4.53. The number of carbonyl (C=O) groups excluding carboxylic acids is 2. The minimum atomic E-state index is -0.996. The third-order valence-electron chi connectivity index (χ3n) is 6.18. The highest BCUT2D eigenvalue weighted by atomic mass is 19.1. The molecular weight excluding hydrogens is 497 g/mol. The second-order valence-corrected chi connectivity index (χ2v) is 9.33. The Morgan fingerprint density at radius 2 is 1.49 bits per heavy atom. The molecule has 1 unspecified atom stereocenters. The van der Waals surface area contributed by atoms with Gasteiger partial charge in [-0.25, -0.2) is 4.39 Å². The van der Waals surface area contributed by atoms with Crippen LogP contribution in [-0.2, 0) is 9.59 Å². The number of nitrogens with zero attached hydrogens (tertiary/aromatic N) is 1. The number of amides is 1. The highest BCUT2D eigenvalue weighted by Crippen LogP contribution is 2.43. The number of carbonyl (C=O) groups is 2. The van der Waals surface area contributed by atoms with Gasteiger partial charge in [-0.2, -0.15) is 0 Å². The first-order valence-corrected chi connectivity index (χ1v) is 12.5. The van der Waals surface area contributed by atoms with Crippen LogP contribution in [0.25, 0.3) is 5.76 Å². The van der Waals surface area contributed by atoms with E-state index in [1.165, 1.54) is 29.2 Å². The zero-order valence-electron chi connectivity index (χ0n) is 21.4. The molecule has 1 aliphatic rings. The molecule has 4 aromatic carbocycles. The summed E-state index contributed by atoms with van der Waals surface area (Å²) in [6.07, 6.45) is -0.0983. The van der Waals surface area contributed by atoms with Crippen LogP contribution in [0.2, 0.25) is 0 Å². The topological polar surface area (TPSA) is 76.1 Å². The van der Waals surface area contributed by atoms with Crippen molar-refractivity contribution < 1.29 is 28.6 Å². The van der Waals surface area contributed by atoms with Crippen molar-refractivity contribution in [3.63, 3.8) is 0 Å². The van der Waals surface area contributed by atoms with Gasteiger partial charge in [0.05, 0.1) is 17.7 Å². The smallest absolute Gasteiger partial charge is 0.300 e. The summed E-state index contributed by atoms with van der Waals surface area (Å²) < 4.78 is 25.5. The van der Waals surface area contributed by atoms with Gasteiger partial charge in [-0.3, -0.25) is 14.5 Å². The van der Waals surface area contributed by atoms with Gasteiger partial charge in [-0.15, -0.1) is 0 Å². The van der Waals surface area contributed by atoms with Crippen LogP contribution in [-0.4, -0.2) is 22.9 Å². The van der Waals surface area contributed by atoms with Crippen molar-refractivity contribution in [2.75, 3.05) is 4.90 Å². The van der Waals surface area contributed by atoms with Gasteiger partial charge in [-0.1, -0.05) is 42.5 Å². The van der Waals surface area contributed by atoms with Crippen molar-refractivity contribution in [2.24, 2.45) is 0 Å². The van der Waals surface area contributed by atoms with E-state index in [0.29, 0.717) is 34.1 Å². The lowest BCUT2D eigenvalue weighted by Crippen LogP contribution is -2.29. The third-order valence-corrected chi connectivity index (χ3v) is 6.18.